The third kappa shape index (κ3) is 5.47. The number of rotatable bonds is 8. The number of fused-ring (bicyclic) bond motifs is 3. The standard InChI is InChI=1S/C30H37BN4O12/c1-11-13-4-5-14(34-16(37)7-6-15(36)33-10-12-8-9-31(46)47-12)23(38)18(13)24(39)19-17(11)25(40)21-22(35(2)3)26(41)20(29(32)44)28(43)30(21,45)27(19)42/h4-5,11-12,17,21-22,25,38-40,43,45-46H,6-10H2,1-3H3,(H2,32,44)(H,33,36)(H,34,37)/t11-,12+,17+,21+,22-,25-,30-/m0/s1. The third-order valence-electron chi connectivity index (χ3n) is 9.59. The SMILES string of the molecule is C[C@H]1c2ccc(NC(=O)CCC(=O)NC[C@H]3CCB(O)O3)c(O)c2C(O)=C2C(=O)[C@]3(O)C(O)=C(C(N)=O)C(=O)[C@@H](N(C)C)[C@@H]3[C@@H](O)[C@@H]21. The van der Waals surface area contributed by atoms with Gasteiger partial charge in [0.25, 0.3) is 5.91 Å². The highest BCUT2D eigenvalue weighted by molar-refractivity contribution is 6.43. The molecule has 17 heteroatoms. The van der Waals surface area contributed by atoms with Gasteiger partial charge in [0.1, 0.15) is 22.8 Å². The van der Waals surface area contributed by atoms with E-state index in [2.05, 4.69) is 10.6 Å². The van der Waals surface area contributed by atoms with Gasteiger partial charge in [-0.15, -0.1) is 0 Å². The average Bonchev–Trinajstić information content (AvgIpc) is 3.42. The minimum Gasteiger partial charge on any atom is -0.508 e. The van der Waals surface area contributed by atoms with Gasteiger partial charge in [-0.2, -0.15) is 0 Å². The topological polar surface area (TPSA) is 269 Å². The molecule has 0 spiro atoms. The number of Topliss-reactive ketones (excluding diaryl/α,β-unsaturated/α-hetero) is 2. The normalized spacial score (nSPS) is 30.2. The summed E-state index contributed by atoms with van der Waals surface area (Å²) in [6, 6.07) is 1.34. The lowest BCUT2D eigenvalue weighted by molar-refractivity contribution is -0.169. The molecule has 1 aromatic carbocycles. The molecule has 0 radical (unpaired) electrons. The molecule has 2 fully saturated rings. The van der Waals surface area contributed by atoms with Crippen LogP contribution in [-0.2, 0) is 28.6 Å². The van der Waals surface area contributed by atoms with Gasteiger partial charge in [-0.25, -0.2) is 0 Å². The fraction of sp³-hybridized carbons (Fsp3) is 0.500. The van der Waals surface area contributed by atoms with Gasteiger partial charge in [-0.3, -0.25) is 28.9 Å². The van der Waals surface area contributed by atoms with Crippen LogP contribution >= 0.6 is 0 Å². The number of primary amides is 1. The number of aromatic hydroxyl groups is 1. The summed E-state index contributed by atoms with van der Waals surface area (Å²) in [6.07, 6.45) is -1.50. The van der Waals surface area contributed by atoms with Crippen LogP contribution in [0.1, 0.15) is 43.2 Å². The van der Waals surface area contributed by atoms with E-state index >= 15 is 0 Å². The molecule has 0 bridgehead atoms. The minimum absolute atomic E-state index is 0.170. The fourth-order valence-corrected chi connectivity index (χ4v) is 7.31. The summed E-state index contributed by atoms with van der Waals surface area (Å²) in [5.41, 5.74) is 0.520. The second-order valence-corrected chi connectivity index (χ2v) is 12.6. The van der Waals surface area contributed by atoms with Gasteiger partial charge >= 0.3 is 7.12 Å². The molecule has 3 aliphatic carbocycles. The Bertz CT molecular complexity index is 1630. The van der Waals surface area contributed by atoms with Crippen molar-refractivity contribution >= 4 is 47.9 Å². The Hall–Kier alpha value is -4.29. The number of aliphatic hydroxyl groups excluding tert-OH is 3. The Morgan fingerprint density at radius 3 is 2.38 bits per heavy atom. The molecule has 1 aromatic rings. The quantitative estimate of drug-likeness (QED) is 0.0886. The molecule has 16 nitrogen and oxygen atoms in total. The number of aliphatic hydroxyl groups is 4. The largest absolute Gasteiger partial charge is 0.508 e. The number of likely N-dealkylation sites (N-methyl/N-ethyl adjacent to an activating group) is 1. The molecule has 5 rings (SSSR count). The number of phenolic OH excluding ortho intramolecular Hbond substituents is 1. The first-order valence-electron chi connectivity index (χ1n) is 15.1. The lowest BCUT2D eigenvalue weighted by atomic mass is 9.54. The molecule has 47 heavy (non-hydrogen) atoms. The lowest BCUT2D eigenvalue weighted by Gasteiger charge is -2.53. The van der Waals surface area contributed by atoms with E-state index in [-0.39, 0.29) is 42.3 Å². The van der Waals surface area contributed by atoms with Crippen LogP contribution in [0.25, 0.3) is 5.76 Å². The van der Waals surface area contributed by atoms with Crippen LogP contribution in [0.4, 0.5) is 5.69 Å². The number of nitrogens with one attached hydrogen (secondary N) is 2. The first-order valence-corrected chi connectivity index (χ1v) is 15.1. The maximum atomic E-state index is 14.1. The van der Waals surface area contributed by atoms with Crippen molar-refractivity contribution in [2.45, 2.75) is 62.3 Å². The average molecular weight is 656 g/mol. The number of hydrogen-bond acceptors (Lipinski definition) is 13. The summed E-state index contributed by atoms with van der Waals surface area (Å²) in [4.78, 5) is 65.7. The van der Waals surface area contributed by atoms with Crippen molar-refractivity contribution in [3.05, 3.63) is 40.2 Å². The smallest absolute Gasteiger partial charge is 0.454 e. The highest BCUT2D eigenvalue weighted by atomic mass is 16.5. The van der Waals surface area contributed by atoms with Crippen LogP contribution < -0.4 is 16.4 Å². The lowest BCUT2D eigenvalue weighted by Crippen LogP contribution is -2.70. The molecule has 3 amide bonds. The number of carbonyl (C=O) groups excluding carboxylic acids is 5. The van der Waals surface area contributed by atoms with Gasteiger partial charge in [-0.1, -0.05) is 13.0 Å². The third-order valence-corrected chi connectivity index (χ3v) is 9.59. The molecule has 1 aliphatic heterocycles. The molecule has 1 saturated carbocycles. The number of anilines is 1. The van der Waals surface area contributed by atoms with Gasteiger partial charge in [0.05, 0.1) is 35.4 Å². The number of amides is 3. The fourth-order valence-electron chi connectivity index (χ4n) is 7.31. The zero-order valence-electron chi connectivity index (χ0n) is 25.9. The van der Waals surface area contributed by atoms with E-state index in [9.17, 15) is 54.5 Å². The number of carbonyl (C=O) groups is 5. The highest BCUT2D eigenvalue weighted by Crippen LogP contribution is 2.56. The molecule has 0 aromatic heterocycles. The molecule has 10 N–H and O–H groups in total. The molecule has 0 unspecified atom stereocenters. The first kappa shape index (κ1) is 34.1. The number of benzene rings is 1. The van der Waals surface area contributed by atoms with Crippen molar-refractivity contribution in [1.82, 2.24) is 10.2 Å². The van der Waals surface area contributed by atoms with Crippen molar-refractivity contribution in [1.29, 1.82) is 0 Å². The van der Waals surface area contributed by atoms with Crippen molar-refractivity contribution in [3.8, 4) is 5.75 Å². The predicted molar refractivity (Wildman–Crippen MR) is 163 cm³/mol. The zero-order chi connectivity index (χ0) is 34.7. The number of hydrogen-bond donors (Lipinski definition) is 9. The van der Waals surface area contributed by atoms with E-state index in [0.29, 0.717) is 12.7 Å². The van der Waals surface area contributed by atoms with E-state index in [1.807, 2.05) is 0 Å². The van der Waals surface area contributed by atoms with Gasteiger partial charge < -0.3 is 51.6 Å². The van der Waals surface area contributed by atoms with E-state index in [0.717, 1.165) is 0 Å². The van der Waals surface area contributed by atoms with Gasteiger partial charge in [0, 0.05) is 30.9 Å². The summed E-state index contributed by atoms with van der Waals surface area (Å²) in [6.45, 7) is 1.76. The van der Waals surface area contributed by atoms with Crippen LogP contribution in [-0.4, -0.2) is 116 Å². The molecule has 1 saturated heterocycles. The Labute approximate surface area is 269 Å². The van der Waals surface area contributed by atoms with E-state index in [1.165, 1.54) is 31.1 Å². The Balaban J connectivity index is 1.44. The zero-order valence-corrected chi connectivity index (χ0v) is 25.9. The molecule has 1 heterocycles. The van der Waals surface area contributed by atoms with Crippen molar-refractivity contribution in [2.75, 3.05) is 26.0 Å². The highest BCUT2D eigenvalue weighted by Gasteiger charge is 2.68. The summed E-state index contributed by atoms with van der Waals surface area (Å²) >= 11 is 0. The Kier molecular flexibility index (Phi) is 8.98. The minimum atomic E-state index is -3.05. The number of nitrogens with two attached hydrogens (primary N) is 1. The van der Waals surface area contributed by atoms with Gasteiger partial charge in [0.2, 0.25) is 17.6 Å². The molecule has 4 aliphatic rings. The molecule has 252 valence electrons. The summed E-state index contributed by atoms with van der Waals surface area (Å²) < 4.78 is 5.22. The maximum absolute atomic E-state index is 14.1. The molecule has 7 atom stereocenters. The van der Waals surface area contributed by atoms with Crippen LogP contribution in [0.3, 0.4) is 0 Å². The van der Waals surface area contributed by atoms with Crippen LogP contribution in [0.2, 0.25) is 6.32 Å². The van der Waals surface area contributed by atoms with Crippen molar-refractivity contribution < 1.29 is 59.2 Å². The van der Waals surface area contributed by atoms with Gasteiger partial charge in [-0.05, 0) is 44.4 Å². The van der Waals surface area contributed by atoms with Crippen molar-refractivity contribution in [2.24, 2.45) is 17.6 Å². The monoisotopic (exact) mass is 656 g/mol. The van der Waals surface area contributed by atoms with Gasteiger partial charge in [0.15, 0.2) is 11.4 Å². The number of nitrogens with zero attached hydrogens (tertiary/aromatic N) is 1. The Morgan fingerprint density at radius 1 is 1.13 bits per heavy atom. The Morgan fingerprint density at radius 2 is 1.79 bits per heavy atom. The second-order valence-electron chi connectivity index (χ2n) is 12.6. The maximum Gasteiger partial charge on any atom is 0.454 e. The molecular formula is C30H37BN4O12. The van der Waals surface area contributed by atoms with Crippen LogP contribution in [0, 0.1) is 11.8 Å². The summed E-state index contributed by atoms with van der Waals surface area (Å²) in [5, 5.41) is 71.6. The van der Waals surface area contributed by atoms with E-state index < -0.39 is 100 Å². The number of phenols is 1. The van der Waals surface area contributed by atoms with Crippen molar-refractivity contribution in [3.63, 3.8) is 0 Å². The first-order chi connectivity index (χ1) is 22.0. The van der Waals surface area contributed by atoms with Crippen LogP contribution in [0.15, 0.2) is 29.0 Å². The second kappa shape index (κ2) is 12.4. The number of ketones is 2. The van der Waals surface area contributed by atoms with E-state index in [1.54, 1.807) is 6.92 Å². The molecular weight excluding hydrogens is 619 g/mol. The van der Waals surface area contributed by atoms with Crippen LogP contribution in [0.5, 0.6) is 5.75 Å². The van der Waals surface area contributed by atoms with E-state index in [4.69, 9.17) is 10.4 Å². The summed E-state index contributed by atoms with van der Waals surface area (Å²) in [7, 11) is 1.97. The summed E-state index contributed by atoms with van der Waals surface area (Å²) in [5.74, 6) is -11.4. The predicted octanol–water partition coefficient (Wildman–Crippen LogP) is -1.40.